The van der Waals surface area contributed by atoms with Crippen molar-refractivity contribution < 1.29 is 14.0 Å². The standard InChI is InChI=1S/C4H10OSi.C3H7NO2/c1-2-4-6-5-3-1;1-2-6-3(4)5/h1-4,6H2;2H2,1H3,(H2,4,5). The maximum atomic E-state index is 9.60. The number of ether oxygens (including phenoxy) is 1. The van der Waals surface area contributed by atoms with Crippen LogP contribution in [-0.2, 0) is 9.16 Å². The average molecular weight is 191 g/mol. The van der Waals surface area contributed by atoms with Crippen molar-refractivity contribution in [2.24, 2.45) is 5.73 Å². The number of carbonyl (C=O) groups is 1. The van der Waals surface area contributed by atoms with E-state index in [0.29, 0.717) is 6.61 Å². The van der Waals surface area contributed by atoms with Crippen molar-refractivity contribution in [3.05, 3.63) is 0 Å². The van der Waals surface area contributed by atoms with Crippen LogP contribution >= 0.6 is 0 Å². The Morgan fingerprint density at radius 1 is 1.67 bits per heavy atom. The summed E-state index contributed by atoms with van der Waals surface area (Å²) in [6.07, 6.45) is 2.04. The van der Waals surface area contributed by atoms with Gasteiger partial charge in [0.2, 0.25) is 0 Å². The Balaban J connectivity index is 0.000000202. The highest BCUT2D eigenvalue weighted by Crippen LogP contribution is 2.01. The van der Waals surface area contributed by atoms with Crippen molar-refractivity contribution in [2.45, 2.75) is 25.8 Å². The molecule has 72 valence electrons. The van der Waals surface area contributed by atoms with E-state index < -0.39 is 6.09 Å². The van der Waals surface area contributed by atoms with Gasteiger partial charge in [0.15, 0.2) is 9.76 Å². The number of hydrogen-bond acceptors (Lipinski definition) is 3. The van der Waals surface area contributed by atoms with E-state index in [0.717, 1.165) is 6.61 Å². The first-order chi connectivity index (χ1) is 5.77. The fraction of sp³-hybridized carbons (Fsp3) is 0.857. The highest BCUT2D eigenvalue weighted by atomic mass is 28.2. The Morgan fingerprint density at radius 3 is 2.50 bits per heavy atom. The van der Waals surface area contributed by atoms with E-state index in [1.54, 1.807) is 6.92 Å². The molecule has 1 rings (SSSR count). The maximum absolute atomic E-state index is 9.60. The normalized spacial score (nSPS) is 17.8. The van der Waals surface area contributed by atoms with Crippen LogP contribution in [0.3, 0.4) is 0 Å². The fourth-order valence-corrected chi connectivity index (χ4v) is 2.00. The molecule has 0 saturated carbocycles. The second-order valence-corrected chi connectivity index (χ2v) is 3.95. The van der Waals surface area contributed by atoms with E-state index in [1.807, 2.05) is 0 Å². The lowest BCUT2D eigenvalue weighted by atomic mass is 10.4. The average Bonchev–Trinajstić information content (AvgIpc) is 2.08. The van der Waals surface area contributed by atoms with Crippen LogP contribution in [0.25, 0.3) is 0 Å². The van der Waals surface area contributed by atoms with Gasteiger partial charge in [0.25, 0.3) is 0 Å². The summed E-state index contributed by atoms with van der Waals surface area (Å²) in [5.74, 6) is 0. The number of primary amides is 1. The van der Waals surface area contributed by atoms with Gasteiger partial charge in [-0.2, -0.15) is 0 Å². The van der Waals surface area contributed by atoms with Crippen LogP contribution < -0.4 is 5.73 Å². The third-order valence-electron chi connectivity index (χ3n) is 1.36. The van der Waals surface area contributed by atoms with Crippen LogP contribution in [-0.4, -0.2) is 29.1 Å². The summed E-state index contributed by atoms with van der Waals surface area (Å²) in [5, 5.41) is 0. The van der Waals surface area contributed by atoms with E-state index in [2.05, 4.69) is 10.5 Å². The molecule has 0 radical (unpaired) electrons. The Hall–Kier alpha value is -0.553. The molecule has 1 aliphatic rings. The third kappa shape index (κ3) is 9.45. The minimum absolute atomic E-state index is 0.00849. The molecule has 0 aromatic carbocycles. The first kappa shape index (κ1) is 11.4. The number of rotatable bonds is 1. The molecule has 1 saturated heterocycles. The van der Waals surface area contributed by atoms with Gasteiger partial charge < -0.3 is 14.9 Å². The van der Waals surface area contributed by atoms with Crippen LogP contribution in [0.1, 0.15) is 19.8 Å². The molecule has 0 atom stereocenters. The number of hydrogen-bond donors (Lipinski definition) is 1. The van der Waals surface area contributed by atoms with Crippen molar-refractivity contribution in [3.8, 4) is 0 Å². The smallest absolute Gasteiger partial charge is 0.404 e. The van der Waals surface area contributed by atoms with Gasteiger partial charge in [0.1, 0.15) is 0 Å². The summed E-state index contributed by atoms with van der Waals surface area (Å²) < 4.78 is 9.39. The molecule has 0 aromatic rings. The lowest BCUT2D eigenvalue weighted by Gasteiger charge is -2.07. The molecule has 0 aliphatic carbocycles. The maximum Gasteiger partial charge on any atom is 0.404 e. The molecule has 0 bridgehead atoms. The summed E-state index contributed by atoms with van der Waals surface area (Å²) in [4.78, 5) is 9.60. The lowest BCUT2D eigenvalue weighted by molar-refractivity contribution is 0.163. The largest absolute Gasteiger partial charge is 0.450 e. The molecule has 1 amide bonds. The molecule has 5 heteroatoms. The summed E-state index contributed by atoms with van der Waals surface area (Å²) >= 11 is 0. The monoisotopic (exact) mass is 191 g/mol. The zero-order valence-electron chi connectivity index (χ0n) is 7.54. The van der Waals surface area contributed by atoms with Crippen LogP contribution in [0.2, 0.25) is 6.04 Å². The molecule has 0 unspecified atom stereocenters. The number of nitrogens with two attached hydrogens (primary N) is 1. The van der Waals surface area contributed by atoms with Crippen molar-refractivity contribution in [3.63, 3.8) is 0 Å². The SMILES string of the molecule is C1CC[SiH2]OC1.CCOC(N)=O. The third-order valence-corrected chi connectivity index (χ3v) is 2.73. The van der Waals surface area contributed by atoms with Crippen molar-refractivity contribution in [2.75, 3.05) is 13.2 Å². The van der Waals surface area contributed by atoms with E-state index in [9.17, 15) is 4.79 Å². The van der Waals surface area contributed by atoms with E-state index in [1.165, 1.54) is 18.9 Å². The highest BCUT2D eigenvalue weighted by Gasteiger charge is 1.96. The fourth-order valence-electron chi connectivity index (χ4n) is 0.829. The molecule has 12 heavy (non-hydrogen) atoms. The Labute approximate surface area is 75.4 Å². The lowest BCUT2D eigenvalue weighted by Crippen LogP contribution is -2.11. The topological polar surface area (TPSA) is 61.6 Å². The Morgan fingerprint density at radius 2 is 2.42 bits per heavy atom. The molecule has 0 aromatic heterocycles. The molecule has 4 nitrogen and oxygen atoms in total. The summed E-state index contributed by atoms with van der Waals surface area (Å²) in [7, 11) is 0.00849. The zero-order valence-corrected chi connectivity index (χ0v) is 8.96. The van der Waals surface area contributed by atoms with Crippen LogP contribution in [0, 0.1) is 0 Å². The minimum Gasteiger partial charge on any atom is -0.450 e. The van der Waals surface area contributed by atoms with Gasteiger partial charge in [0.05, 0.1) is 6.61 Å². The number of carbonyl (C=O) groups excluding carboxylic acids is 1. The van der Waals surface area contributed by atoms with Gasteiger partial charge in [0, 0.05) is 6.61 Å². The summed E-state index contributed by atoms with van der Waals surface area (Å²) in [6.45, 7) is 3.12. The number of amides is 1. The van der Waals surface area contributed by atoms with Crippen LogP contribution in [0.4, 0.5) is 4.79 Å². The molecule has 1 heterocycles. The molecule has 2 N–H and O–H groups in total. The second-order valence-electron chi connectivity index (χ2n) is 2.43. The molecular formula is C7H17NO3Si. The van der Waals surface area contributed by atoms with Gasteiger partial charge in [-0.05, 0) is 19.4 Å². The van der Waals surface area contributed by atoms with Gasteiger partial charge in [-0.25, -0.2) is 4.79 Å². The first-order valence-electron chi connectivity index (χ1n) is 4.27. The first-order valence-corrected chi connectivity index (χ1v) is 5.85. The molecular weight excluding hydrogens is 174 g/mol. The molecule has 0 spiro atoms. The second kappa shape index (κ2) is 8.54. The van der Waals surface area contributed by atoms with E-state index >= 15 is 0 Å². The van der Waals surface area contributed by atoms with Gasteiger partial charge in [-0.1, -0.05) is 6.42 Å². The van der Waals surface area contributed by atoms with Crippen LogP contribution in [0.15, 0.2) is 0 Å². The molecule has 1 fully saturated rings. The van der Waals surface area contributed by atoms with E-state index in [4.69, 9.17) is 4.43 Å². The minimum atomic E-state index is -0.711. The van der Waals surface area contributed by atoms with Crippen LogP contribution in [0.5, 0.6) is 0 Å². The quantitative estimate of drug-likeness (QED) is 0.610. The van der Waals surface area contributed by atoms with E-state index in [-0.39, 0.29) is 9.76 Å². The zero-order chi connectivity index (χ0) is 9.23. The summed E-state index contributed by atoms with van der Waals surface area (Å²) in [5.41, 5.74) is 4.54. The van der Waals surface area contributed by atoms with Gasteiger partial charge >= 0.3 is 6.09 Å². The Kier molecular flexibility index (Phi) is 8.15. The van der Waals surface area contributed by atoms with Crippen molar-refractivity contribution in [1.29, 1.82) is 0 Å². The summed E-state index contributed by atoms with van der Waals surface area (Å²) in [6, 6.07) is 1.42. The highest BCUT2D eigenvalue weighted by molar-refractivity contribution is 6.27. The van der Waals surface area contributed by atoms with Gasteiger partial charge in [-0.3, -0.25) is 0 Å². The van der Waals surface area contributed by atoms with Gasteiger partial charge in [-0.15, -0.1) is 0 Å². The van der Waals surface area contributed by atoms with Crippen molar-refractivity contribution >= 4 is 15.9 Å². The molecule has 1 aliphatic heterocycles. The van der Waals surface area contributed by atoms with Crippen molar-refractivity contribution in [1.82, 2.24) is 0 Å². The predicted molar refractivity (Wildman–Crippen MR) is 49.7 cm³/mol. The predicted octanol–water partition coefficient (Wildman–Crippen LogP) is 0.401. The Bertz CT molecular complexity index is 106.